The zero-order valence-corrected chi connectivity index (χ0v) is 19.4. The van der Waals surface area contributed by atoms with Gasteiger partial charge in [0.15, 0.2) is 17.5 Å². The highest BCUT2D eigenvalue weighted by molar-refractivity contribution is 5.24. The molecule has 2 aliphatic carbocycles. The van der Waals surface area contributed by atoms with Crippen LogP contribution in [-0.2, 0) is 10.8 Å². The standard InChI is InChI=1S/C28H31F5O/c1-18-2-12-23(13-3-18)28(32,33)34-24-14-8-20(9-15-24)5-4-19-6-10-21(11-7-19)22-16-25(29)27(31)26(30)17-22/h2-5,12-13,16-17,19-21,24H,6-11,14-15H2,1H3/b5-4+. The summed E-state index contributed by atoms with van der Waals surface area (Å²) in [6.07, 6.45) is 6.93. The molecule has 0 saturated heterocycles. The van der Waals surface area contributed by atoms with E-state index in [1.807, 2.05) is 6.92 Å². The Bertz CT molecular complexity index is 961. The van der Waals surface area contributed by atoms with Crippen LogP contribution in [0, 0.1) is 36.2 Å². The molecule has 0 heterocycles. The second kappa shape index (κ2) is 10.6. The summed E-state index contributed by atoms with van der Waals surface area (Å²) in [6, 6.07) is 8.39. The maximum Gasteiger partial charge on any atom is 0.383 e. The number of halogens is 5. The van der Waals surface area contributed by atoms with Gasteiger partial charge in [0.2, 0.25) is 0 Å². The lowest BCUT2D eigenvalue weighted by Gasteiger charge is -2.31. The van der Waals surface area contributed by atoms with Gasteiger partial charge in [0.05, 0.1) is 11.7 Å². The van der Waals surface area contributed by atoms with Crippen molar-refractivity contribution in [1.82, 2.24) is 0 Å². The van der Waals surface area contributed by atoms with E-state index in [0.29, 0.717) is 30.2 Å². The first kappa shape index (κ1) is 24.9. The quantitative estimate of drug-likeness (QED) is 0.230. The second-order valence-corrected chi connectivity index (χ2v) is 9.83. The van der Waals surface area contributed by atoms with E-state index in [0.717, 1.165) is 56.2 Å². The van der Waals surface area contributed by atoms with Crippen molar-refractivity contribution in [3.63, 3.8) is 0 Å². The van der Waals surface area contributed by atoms with Gasteiger partial charge in [-0.1, -0.05) is 42.0 Å². The van der Waals surface area contributed by atoms with Gasteiger partial charge in [0, 0.05) is 0 Å². The van der Waals surface area contributed by atoms with E-state index in [-0.39, 0.29) is 11.5 Å². The summed E-state index contributed by atoms with van der Waals surface area (Å²) >= 11 is 0. The number of hydrogen-bond donors (Lipinski definition) is 0. The third-order valence-corrected chi connectivity index (χ3v) is 7.33. The molecule has 2 aromatic rings. The molecule has 2 aromatic carbocycles. The van der Waals surface area contributed by atoms with Crippen molar-refractivity contribution < 1.29 is 26.7 Å². The van der Waals surface area contributed by atoms with Gasteiger partial charge < -0.3 is 4.74 Å². The molecule has 6 heteroatoms. The van der Waals surface area contributed by atoms with Gasteiger partial charge in [0.25, 0.3) is 0 Å². The van der Waals surface area contributed by atoms with Gasteiger partial charge in [0.1, 0.15) is 0 Å². The fourth-order valence-electron chi connectivity index (χ4n) is 5.19. The van der Waals surface area contributed by atoms with E-state index in [1.165, 1.54) is 12.1 Å². The molecule has 0 spiro atoms. The SMILES string of the molecule is Cc1ccc(C(F)(F)OC2CCC(/C=C/C3CCC(c4cc(F)c(F)c(F)c4)CC3)CC2)cc1. The molecule has 0 amide bonds. The first-order valence-corrected chi connectivity index (χ1v) is 12.2. The summed E-state index contributed by atoms with van der Waals surface area (Å²) in [4.78, 5) is 0. The van der Waals surface area contributed by atoms with Crippen molar-refractivity contribution in [2.45, 2.75) is 76.4 Å². The number of hydrogen-bond acceptors (Lipinski definition) is 1. The van der Waals surface area contributed by atoms with Gasteiger partial charge in [-0.05, 0) is 93.7 Å². The van der Waals surface area contributed by atoms with Crippen molar-refractivity contribution in [3.8, 4) is 0 Å². The van der Waals surface area contributed by atoms with Gasteiger partial charge in [-0.3, -0.25) is 0 Å². The van der Waals surface area contributed by atoms with Crippen LogP contribution in [0.3, 0.4) is 0 Å². The highest BCUT2D eigenvalue weighted by Crippen LogP contribution is 2.39. The van der Waals surface area contributed by atoms with E-state index < -0.39 is 29.7 Å². The third-order valence-electron chi connectivity index (χ3n) is 7.33. The number of aryl methyl sites for hydroxylation is 1. The van der Waals surface area contributed by atoms with Crippen LogP contribution in [0.25, 0.3) is 0 Å². The van der Waals surface area contributed by atoms with Crippen LogP contribution < -0.4 is 0 Å². The van der Waals surface area contributed by atoms with Crippen LogP contribution in [-0.4, -0.2) is 6.10 Å². The maximum absolute atomic E-state index is 14.5. The van der Waals surface area contributed by atoms with Crippen molar-refractivity contribution in [2.75, 3.05) is 0 Å². The lowest BCUT2D eigenvalue weighted by Crippen LogP contribution is -2.29. The Morgan fingerprint density at radius 1 is 0.765 bits per heavy atom. The van der Waals surface area contributed by atoms with E-state index >= 15 is 0 Å². The normalized spacial score (nSPS) is 26.2. The second-order valence-electron chi connectivity index (χ2n) is 9.83. The Hall–Kier alpha value is -2.21. The molecule has 2 saturated carbocycles. The molecule has 0 unspecified atom stereocenters. The fraction of sp³-hybridized carbons (Fsp3) is 0.500. The zero-order valence-electron chi connectivity index (χ0n) is 19.4. The number of ether oxygens (including phenoxy) is 1. The fourth-order valence-corrected chi connectivity index (χ4v) is 5.19. The Morgan fingerprint density at radius 3 is 1.79 bits per heavy atom. The Morgan fingerprint density at radius 2 is 1.26 bits per heavy atom. The van der Waals surface area contributed by atoms with E-state index in [4.69, 9.17) is 4.74 Å². The first-order valence-electron chi connectivity index (χ1n) is 12.2. The maximum atomic E-state index is 14.5. The Balaban J connectivity index is 1.22. The molecule has 2 aliphatic rings. The van der Waals surface area contributed by atoms with Crippen LogP contribution in [0.5, 0.6) is 0 Å². The monoisotopic (exact) mass is 478 g/mol. The van der Waals surface area contributed by atoms with E-state index in [2.05, 4.69) is 12.2 Å². The number of rotatable bonds is 6. The number of alkyl halides is 2. The minimum atomic E-state index is -3.28. The van der Waals surface area contributed by atoms with Gasteiger partial charge in [-0.2, -0.15) is 8.78 Å². The minimum absolute atomic E-state index is 0.0389. The molecule has 2 fully saturated rings. The summed E-state index contributed by atoms with van der Waals surface area (Å²) in [6.45, 7) is 1.86. The molecule has 0 N–H and O–H groups in total. The highest BCUT2D eigenvalue weighted by Gasteiger charge is 2.37. The molecule has 4 rings (SSSR count). The molecular weight excluding hydrogens is 447 g/mol. The van der Waals surface area contributed by atoms with Crippen LogP contribution in [0.15, 0.2) is 48.6 Å². The third kappa shape index (κ3) is 6.07. The predicted octanol–water partition coefficient (Wildman–Crippen LogP) is 8.57. The van der Waals surface area contributed by atoms with Crippen molar-refractivity contribution >= 4 is 0 Å². The molecule has 1 nitrogen and oxygen atoms in total. The predicted molar refractivity (Wildman–Crippen MR) is 122 cm³/mol. The van der Waals surface area contributed by atoms with Crippen molar-refractivity contribution in [1.29, 1.82) is 0 Å². The highest BCUT2D eigenvalue weighted by atomic mass is 19.3. The summed E-state index contributed by atoms with van der Waals surface area (Å²) in [5.41, 5.74) is 1.35. The lowest BCUT2D eigenvalue weighted by atomic mass is 9.78. The molecule has 184 valence electrons. The minimum Gasteiger partial charge on any atom is -0.313 e. The largest absolute Gasteiger partial charge is 0.383 e. The van der Waals surface area contributed by atoms with Crippen molar-refractivity contribution in [3.05, 3.63) is 82.7 Å². The first-order chi connectivity index (χ1) is 16.2. The van der Waals surface area contributed by atoms with Crippen LogP contribution in [0.4, 0.5) is 22.0 Å². The van der Waals surface area contributed by atoms with Gasteiger partial charge in [-0.15, -0.1) is 0 Å². The molecular formula is C28H31F5O. The van der Waals surface area contributed by atoms with E-state index in [1.54, 1.807) is 12.1 Å². The van der Waals surface area contributed by atoms with Gasteiger partial charge >= 0.3 is 6.11 Å². The zero-order chi connectivity index (χ0) is 24.3. The topological polar surface area (TPSA) is 9.23 Å². The number of benzene rings is 2. The van der Waals surface area contributed by atoms with Gasteiger partial charge in [-0.25, -0.2) is 13.2 Å². The van der Waals surface area contributed by atoms with Crippen molar-refractivity contribution in [2.24, 2.45) is 11.8 Å². The van der Waals surface area contributed by atoms with Crippen LogP contribution >= 0.6 is 0 Å². The lowest BCUT2D eigenvalue weighted by molar-refractivity contribution is -0.277. The molecule has 0 atom stereocenters. The average molecular weight is 479 g/mol. The van der Waals surface area contributed by atoms with Crippen LogP contribution in [0.1, 0.15) is 74.0 Å². The molecule has 0 bridgehead atoms. The van der Waals surface area contributed by atoms with Crippen LogP contribution in [0.2, 0.25) is 0 Å². The number of allylic oxidation sites excluding steroid dienone is 2. The smallest absolute Gasteiger partial charge is 0.313 e. The molecule has 0 aliphatic heterocycles. The summed E-state index contributed by atoms with van der Waals surface area (Å²) in [5, 5.41) is 0. The molecule has 34 heavy (non-hydrogen) atoms. The average Bonchev–Trinajstić information content (AvgIpc) is 2.82. The summed E-state index contributed by atoms with van der Waals surface area (Å²) in [5.74, 6) is -2.89. The molecule has 0 radical (unpaired) electrons. The Labute approximate surface area is 198 Å². The van der Waals surface area contributed by atoms with E-state index in [9.17, 15) is 22.0 Å². The Kier molecular flexibility index (Phi) is 7.76. The summed E-state index contributed by atoms with van der Waals surface area (Å²) < 4.78 is 74.4. The molecule has 0 aromatic heterocycles. The summed E-state index contributed by atoms with van der Waals surface area (Å²) in [7, 11) is 0.